The van der Waals surface area contributed by atoms with Crippen LogP contribution in [0.3, 0.4) is 0 Å². The highest BCUT2D eigenvalue weighted by atomic mass is 16.6. The number of amides is 3. The fourth-order valence-electron chi connectivity index (χ4n) is 2.14. The van der Waals surface area contributed by atoms with E-state index in [2.05, 4.69) is 15.8 Å². The van der Waals surface area contributed by atoms with Crippen molar-refractivity contribution in [2.24, 2.45) is 11.0 Å². The van der Waals surface area contributed by atoms with Gasteiger partial charge in [-0.15, -0.1) is 0 Å². The van der Waals surface area contributed by atoms with E-state index in [-0.39, 0.29) is 12.1 Å². The molecule has 8 nitrogen and oxygen atoms in total. The van der Waals surface area contributed by atoms with Crippen molar-refractivity contribution in [3.63, 3.8) is 0 Å². The van der Waals surface area contributed by atoms with Gasteiger partial charge in [0.1, 0.15) is 5.60 Å². The molecule has 8 heteroatoms. The Labute approximate surface area is 143 Å². The van der Waals surface area contributed by atoms with Crippen molar-refractivity contribution in [1.82, 2.24) is 15.6 Å². The zero-order valence-corrected chi connectivity index (χ0v) is 15.3. The molecule has 138 valence electrons. The van der Waals surface area contributed by atoms with E-state index in [1.165, 1.54) is 6.21 Å². The number of carbonyl (C=O) groups is 2. The molecule has 2 N–H and O–H groups in total. The molecule has 0 aromatic rings. The number of morpholine rings is 1. The highest BCUT2D eigenvalue weighted by Gasteiger charge is 2.20. The molecule has 0 radical (unpaired) electrons. The third-order valence-corrected chi connectivity index (χ3v) is 3.14. The molecule has 0 aromatic heterocycles. The van der Waals surface area contributed by atoms with Gasteiger partial charge in [-0.05, 0) is 33.1 Å². The second-order valence-corrected chi connectivity index (χ2v) is 7.18. The number of nitrogens with one attached hydrogen (secondary N) is 2. The second kappa shape index (κ2) is 9.46. The second-order valence-electron chi connectivity index (χ2n) is 7.18. The molecule has 1 atom stereocenters. The van der Waals surface area contributed by atoms with Gasteiger partial charge in [0.15, 0.2) is 0 Å². The van der Waals surface area contributed by atoms with E-state index in [1.54, 1.807) is 25.7 Å². The zero-order valence-electron chi connectivity index (χ0n) is 15.3. The number of alkyl carbamates (subject to hydrolysis) is 1. The van der Waals surface area contributed by atoms with E-state index in [9.17, 15) is 9.59 Å². The Kier molecular flexibility index (Phi) is 7.97. The van der Waals surface area contributed by atoms with Crippen LogP contribution in [0.25, 0.3) is 0 Å². The Hall–Kier alpha value is -1.83. The van der Waals surface area contributed by atoms with Crippen LogP contribution in [-0.4, -0.2) is 61.2 Å². The fraction of sp³-hybridized carbons (Fsp3) is 0.812. The maximum absolute atomic E-state index is 11.9. The van der Waals surface area contributed by atoms with Gasteiger partial charge in [0.25, 0.3) is 0 Å². The molecule has 1 fully saturated rings. The minimum Gasteiger partial charge on any atom is -0.444 e. The first-order valence-corrected chi connectivity index (χ1v) is 8.32. The number of carbonyl (C=O) groups excluding carboxylic acids is 2. The summed E-state index contributed by atoms with van der Waals surface area (Å²) in [7, 11) is 0. The number of urea groups is 1. The average molecular weight is 342 g/mol. The van der Waals surface area contributed by atoms with Gasteiger partial charge in [-0.1, -0.05) is 13.8 Å². The highest BCUT2D eigenvalue weighted by molar-refractivity contribution is 5.78. The SMILES string of the molecule is CC(C)C[C@@H](/C=N/NC(=O)N1CCOCC1)NC(=O)OC(C)(C)C. The van der Waals surface area contributed by atoms with E-state index in [4.69, 9.17) is 9.47 Å². The lowest BCUT2D eigenvalue weighted by molar-refractivity contribution is 0.0515. The summed E-state index contributed by atoms with van der Waals surface area (Å²) in [5.74, 6) is 0.353. The highest BCUT2D eigenvalue weighted by Crippen LogP contribution is 2.08. The number of hydrogen-bond donors (Lipinski definition) is 2. The Balaban J connectivity index is 2.51. The molecule has 1 heterocycles. The number of hydrogen-bond acceptors (Lipinski definition) is 5. The molecule has 1 saturated heterocycles. The number of ether oxygens (including phenoxy) is 2. The third-order valence-electron chi connectivity index (χ3n) is 3.14. The largest absolute Gasteiger partial charge is 0.444 e. The molecule has 24 heavy (non-hydrogen) atoms. The van der Waals surface area contributed by atoms with Crippen molar-refractivity contribution in [1.29, 1.82) is 0 Å². The summed E-state index contributed by atoms with van der Waals surface area (Å²) in [6.07, 6.45) is 1.72. The maximum Gasteiger partial charge on any atom is 0.408 e. The normalized spacial score (nSPS) is 17.0. The Morgan fingerprint density at radius 3 is 2.46 bits per heavy atom. The van der Waals surface area contributed by atoms with Gasteiger partial charge in [-0.3, -0.25) is 0 Å². The van der Waals surface area contributed by atoms with Gasteiger partial charge in [-0.2, -0.15) is 5.10 Å². The quantitative estimate of drug-likeness (QED) is 0.590. The van der Waals surface area contributed by atoms with Crippen molar-refractivity contribution < 1.29 is 19.1 Å². The number of nitrogens with zero attached hydrogens (tertiary/aromatic N) is 2. The predicted octanol–water partition coefficient (Wildman–Crippen LogP) is 1.95. The van der Waals surface area contributed by atoms with Crippen LogP contribution >= 0.6 is 0 Å². The zero-order chi connectivity index (χ0) is 18.2. The van der Waals surface area contributed by atoms with E-state index >= 15 is 0 Å². The third kappa shape index (κ3) is 8.71. The van der Waals surface area contributed by atoms with Crippen molar-refractivity contribution in [3.05, 3.63) is 0 Å². The maximum atomic E-state index is 11.9. The molecule has 0 spiro atoms. The standard InChI is InChI=1S/C16H30N4O4/c1-12(2)10-13(18-15(22)24-16(3,4)5)11-17-19-14(21)20-6-8-23-9-7-20/h11-13H,6-10H2,1-5H3,(H,18,22)(H,19,21)/b17-11+/t13-/m0/s1. The first-order valence-electron chi connectivity index (χ1n) is 8.32. The monoisotopic (exact) mass is 342 g/mol. The molecule has 1 aliphatic heterocycles. The summed E-state index contributed by atoms with van der Waals surface area (Å²) in [6, 6.07) is -0.583. The van der Waals surface area contributed by atoms with Crippen molar-refractivity contribution >= 4 is 18.3 Å². The summed E-state index contributed by atoms with van der Waals surface area (Å²) in [5.41, 5.74) is 1.92. The van der Waals surface area contributed by atoms with E-state index in [1.807, 2.05) is 13.8 Å². The molecule has 0 aliphatic carbocycles. The van der Waals surface area contributed by atoms with Crippen LogP contribution in [0.4, 0.5) is 9.59 Å². The van der Waals surface area contributed by atoms with Gasteiger partial charge in [0.05, 0.1) is 19.3 Å². The van der Waals surface area contributed by atoms with Crippen LogP contribution < -0.4 is 10.7 Å². The summed E-state index contributed by atoms with van der Waals surface area (Å²) in [6.45, 7) is 11.7. The summed E-state index contributed by atoms with van der Waals surface area (Å²) < 4.78 is 10.4. The first kappa shape index (κ1) is 20.2. The summed E-state index contributed by atoms with van der Waals surface area (Å²) in [4.78, 5) is 25.5. The molecular formula is C16H30N4O4. The van der Waals surface area contributed by atoms with Crippen LogP contribution in [0.15, 0.2) is 5.10 Å². The van der Waals surface area contributed by atoms with Crippen LogP contribution in [-0.2, 0) is 9.47 Å². The fourth-order valence-corrected chi connectivity index (χ4v) is 2.14. The lowest BCUT2D eigenvalue weighted by Crippen LogP contribution is -2.45. The molecule has 1 aliphatic rings. The van der Waals surface area contributed by atoms with Crippen molar-refractivity contribution in [3.8, 4) is 0 Å². The predicted molar refractivity (Wildman–Crippen MR) is 92.0 cm³/mol. The number of hydrazone groups is 1. The minimum atomic E-state index is -0.561. The van der Waals surface area contributed by atoms with E-state index < -0.39 is 11.7 Å². The van der Waals surface area contributed by atoms with Crippen molar-refractivity contribution in [2.45, 2.75) is 52.7 Å². The molecule has 0 aromatic carbocycles. The van der Waals surface area contributed by atoms with Gasteiger partial charge in [0.2, 0.25) is 0 Å². The van der Waals surface area contributed by atoms with Crippen molar-refractivity contribution in [2.75, 3.05) is 26.3 Å². The van der Waals surface area contributed by atoms with Crippen LogP contribution in [0.2, 0.25) is 0 Å². The lowest BCUT2D eigenvalue weighted by atomic mass is 10.1. The van der Waals surface area contributed by atoms with Crippen LogP contribution in [0.5, 0.6) is 0 Å². The van der Waals surface area contributed by atoms with Gasteiger partial charge < -0.3 is 19.7 Å². The molecule has 0 bridgehead atoms. The average Bonchev–Trinajstić information content (AvgIpc) is 2.45. The molecular weight excluding hydrogens is 312 g/mol. The smallest absolute Gasteiger partial charge is 0.408 e. The first-order chi connectivity index (χ1) is 11.2. The Morgan fingerprint density at radius 1 is 1.29 bits per heavy atom. The topological polar surface area (TPSA) is 92.3 Å². The molecule has 0 saturated carbocycles. The van der Waals surface area contributed by atoms with Crippen LogP contribution in [0.1, 0.15) is 41.0 Å². The van der Waals surface area contributed by atoms with Gasteiger partial charge >= 0.3 is 12.1 Å². The minimum absolute atomic E-state index is 0.268. The molecule has 0 unspecified atom stereocenters. The van der Waals surface area contributed by atoms with Gasteiger partial charge in [-0.25, -0.2) is 15.0 Å². The van der Waals surface area contributed by atoms with Crippen LogP contribution in [0, 0.1) is 5.92 Å². The Bertz CT molecular complexity index is 440. The number of rotatable bonds is 5. The Morgan fingerprint density at radius 2 is 1.92 bits per heavy atom. The summed E-state index contributed by atoms with van der Waals surface area (Å²) in [5, 5.41) is 6.73. The molecule has 1 rings (SSSR count). The molecule has 3 amide bonds. The summed E-state index contributed by atoms with van der Waals surface area (Å²) >= 11 is 0. The van der Waals surface area contributed by atoms with E-state index in [0.717, 1.165) is 0 Å². The lowest BCUT2D eigenvalue weighted by Gasteiger charge is -2.26. The van der Waals surface area contributed by atoms with Gasteiger partial charge in [0, 0.05) is 19.3 Å². The van der Waals surface area contributed by atoms with E-state index in [0.29, 0.717) is 38.6 Å².